The van der Waals surface area contributed by atoms with Gasteiger partial charge in [-0.15, -0.1) is 0 Å². The number of imidazole rings is 1. The summed E-state index contributed by atoms with van der Waals surface area (Å²) in [5.74, 6) is 0.393. The van der Waals surface area contributed by atoms with E-state index < -0.39 is 12.3 Å². The highest BCUT2D eigenvalue weighted by Crippen LogP contribution is 2.27. The molecule has 9 nitrogen and oxygen atoms in total. The lowest BCUT2D eigenvalue weighted by Crippen LogP contribution is -2.37. The van der Waals surface area contributed by atoms with E-state index in [-0.39, 0.29) is 17.6 Å². The Labute approximate surface area is 216 Å². The minimum Gasteiger partial charge on any atom is -0.367 e. The van der Waals surface area contributed by atoms with Gasteiger partial charge in [0.15, 0.2) is 17.0 Å². The van der Waals surface area contributed by atoms with Crippen molar-refractivity contribution >= 4 is 22.9 Å². The summed E-state index contributed by atoms with van der Waals surface area (Å²) in [5.41, 5.74) is 3.31. The minimum absolute atomic E-state index is 0.0238. The maximum absolute atomic E-state index is 12.3. The number of fused-ring (bicyclic) bond motifs is 1. The number of nitriles is 1. The van der Waals surface area contributed by atoms with Crippen LogP contribution in [0.4, 0.5) is 5.82 Å². The van der Waals surface area contributed by atoms with Gasteiger partial charge in [-0.3, -0.25) is 9.36 Å². The molecule has 0 saturated heterocycles. The number of hydrogen-bond acceptors (Lipinski definition) is 7. The van der Waals surface area contributed by atoms with Gasteiger partial charge in [-0.2, -0.15) is 15.2 Å². The van der Waals surface area contributed by atoms with Crippen LogP contribution in [0.3, 0.4) is 0 Å². The summed E-state index contributed by atoms with van der Waals surface area (Å²) in [7, 11) is 0. The molecular formula is C28H31N7O2. The lowest BCUT2D eigenvalue weighted by atomic mass is 9.91. The average molecular weight is 498 g/mol. The molecule has 37 heavy (non-hydrogen) atoms. The Morgan fingerprint density at radius 1 is 1.05 bits per heavy atom. The molecule has 4 aromatic rings. The van der Waals surface area contributed by atoms with E-state index in [4.69, 9.17) is 4.74 Å². The summed E-state index contributed by atoms with van der Waals surface area (Å²) in [4.78, 5) is 25.7. The first-order valence-corrected chi connectivity index (χ1v) is 12.5. The lowest BCUT2D eigenvalue weighted by Gasteiger charge is -2.22. The standard InChI is InChI=1S/C28H31N7O2/c1-4-23(28(36)30-5-2)37-19(3)35-18-32-25-26(33-24(16-29)34-27(25)35)31-17-22(20-12-8-6-9-13-20)21-14-10-7-11-15-21/h6-15,18-19,22-23H,4-5,17H2,1-3H3,(H,30,36)(H,31,33,34)/t19-,23?/m1/s1. The predicted molar refractivity (Wildman–Crippen MR) is 142 cm³/mol. The number of nitrogens with one attached hydrogen (secondary N) is 2. The number of carbonyl (C=O) groups is 1. The molecule has 0 radical (unpaired) electrons. The van der Waals surface area contributed by atoms with E-state index in [0.29, 0.717) is 36.5 Å². The Bertz CT molecular complexity index is 1330. The maximum Gasteiger partial charge on any atom is 0.249 e. The van der Waals surface area contributed by atoms with E-state index in [1.807, 2.05) is 63.2 Å². The van der Waals surface area contributed by atoms with Crippen molar-refractivity contribution in [1.29, 1.82) is 5.26 Å². The van der Waals surface area contributed by atoms with Gasteiger partial charge in [0.05, 0.1) is 6.33 Å². The smallest absolute Gasteiger partial charge is 0.249 e. The van der Waals surface area contributed by atoms with Crippen molar-refractivity contribution < 1.29 is 9.53 Å². The fourth-order valence-corrected chi connectivity index (χ4v) is 4.29. The van der Waals surface area contributed by atoms with Crippen molar-refractivity contribution in [1.82, 2.24) is 24.8 Å². The van der Waals surface area contributed by atoms with Crippen LogP contribution < -0.4 is 10.6 Å². The molecule has 0 aliphatic carbocycles. The van der Waals surface area contributed by atoms with Crippen LogP contribution in [0.15, 0.2) is 67.0 Å². The van der Waals surface area contributed by atoms with Crippen molar-refractivity contribution in [2.75, 3.05) is 18.4 Å². The quantitative estimate of drug-likeness (QED) is 0.315. The highest BCUT2D eigenvalue weighted by molar-refractivity contribution is 5.83. The van der Waals surface area contributed by atoms with Gasteiger partial charge in [-0.1, -0.05) is 67.6 Å². The van der Waals surface area contributed by atoms with Crippen LogP contribution in [-0.4, -0.2) is 44.6 Å². The molecule has 9 heteroatoms. The molecule has 2 aromatic carbocycles. The second-order valence-electron chi connectivity index (χ2n) is 8.61. The van der Waals surface area contributed by atoms with Gasteiger partial charge < -0.3 is 15.4 Å². The van der Waals surface area contributed by atoms with Gasteiger partial charge in [0.1, 0.15) is 18.4 Å². The number of likely N-dealkylation sites (N-methyl/N-ethyl adjacent to an activating group) is 1. The number of carbonyl (C=O) groups excluding carboxylic acids is 1. The molecule has 4 rings (SSSR count). The van der Waals surface area contributed by atoms with E-state index in [0.717, 1.165) is 11.1 Å². The van der Waals surface area contributed by atoms with Gasteiger partial charge in [0.25, 0.3) is 0 Å². The van der Waals surface area contributed by atoms with E-state index in [1.165, 1.54) is 0 Å². The molecule has 0 bridgehead atoms. The van der Waals surface area contributed by atoms with E-state index >= 15 is 0 Å². The van der Waals surface area contributed by atoms with Crippen molar-refractivity contribution in [2.45, 2.75) is 45.4 Å². The third kappa shape index (κ3) is 5.93. The highest BCUT2D eigenvalue weighted by Gasteiger charge is 2.23. The maximum atomic E-state index is 12.3. The molecule has 2 heterocycles. The molecule has 0 fully saturated rings. The summed E-state index contributed by atoms with van der Waals surface area (Å²) in [6.45, 7) is 6.66. The molecule has 0 aliphatic heterocycles. The third-order valence-corrected chi connectivity index (χ3v) is 6.17. The Morgan fingerprint density at radius 3 is 2.27 bits per heavy atom. The Kier molecular flexibility index (Phi) is 8.44. The highest BCUT2D eigenvalue weighted by atomic mass is 16.5. The van der Waals surface area contributed by atoms with Crippen molar-refractivity contribution in [3.8, 4) is 6.07 Å². The Morgan fingerprint density at radius 2 is 1.70 bits per heavy atom. The third-order valence-electron chi connectivity index (χ3n) is 6.17. The van der Waals surface area contributed by atoms with Crippen LogP contribution in [0.5, 0.6) is 0 Å². The zero-order chi connectivity index (χ0) is 26.2. The summed E-state index contributed by atoms with van der Waals surface area (Å²) >= 11 is 0. The van der Waals surface area contributed by atoms with Gasteiger partial charge >= 0.3 is 0 Å². The first kappa shape index (κ1) is 25.8. The zero-order valence-electron chi connectivity index (χ0n) is 21.3. The van der Waals surface area contributed by atoms with Gasteiger partial charge in [-0.05, 0) is 31.4 Å². The summed E-state index contributed by atoms with van der Waals surface area (Å²) in [6.07, 6.45) is 0.981. The minimum atomic E-state index is -0.611. The predicted octanol–water partition coefficient (Wildman–Crippen LogP) is 4.39. The largest absolute Gasteiger partial charge is 0.367 e. The number of ether oxygens (including phenoxy) is 1. The van der Waals surface area contributed by atoms with Gasteiger partial charge in [0, 0.05) is 19.0 Å². The number of hydrogen-bond donors (Lipinski definition) is 2. The monoisotopic (exact) mass is 497 g/mol. The van der Waals surface area contributed by atoms with Crippen LogP contribution in [0.25, 0.3) is 11.2 Å². The average Bonchev–Trinajstić information content (AvgIpc) is 3.37. The molecule has 190 valence electrons. The molecule has 1 amide bonds. The molecule has 0 aliphatic rings. The Balaban J connectivity index is 1.63. The van der Waals surface area contributed by atoms with Crippen LogP contribution >= 0.6 is 0 Å². The van der Waals surface area contributed by atoms with Crippen LogP contribution in [0, 0.1) is 11.3 Å². The zero-order valence-corrected chi connectivity index (χ0v) is 21.3. The number of rotatable bonds is 11. The van der Waals surface area contributed by atoms with Crippen molar-refractivity contribution in [3.63, 3.8) is 0 Å². The summed E-state index contributed by atoms with van der Waals surface area (Å²) in [6, 6.07) is 22.5. The SMILES string of the molecule is CCNC(=O)C(CC)O[C@H](C)n1cnc2c(NCC(c3ccccc3)c3ccccc3)nc(C#N)nc21. The van der Waals surface area contributed by atoms with E-state index in [2.05, 4.69) is 49.9 Å². The molecule has 2 N–H and O–H groups in total. The number of aromatic nitrogens is 4. The van der Waals surface area contributed by atoms with E-state index in [1.54, 1.807) is 10.9 Å². The second kappa shape index (κ2) is 12.1. The number of anilines is 1. The lowest BCUT2D eigenvalue weighted by molar-refractivity contribution is -0.139. The first-order valence-electron chi connectivity index (χ1n) is 12.5. The van der Waals surface area contributed by atoms with E-state index in [9.17, 15) is 10.1 Å². The number of benzene rings is 2. The van der Waals surface area contributed by atoms with Crippen LogP contribution in [-0.2, 0) is 9.53 Å². The fourth-order valence-electron chi connectivity index (χ4n) is 4.29. The normalized spacial score (nSPS) is 12.7. The number of nitrogens with zero attached hydrogens (tertiary/aromatic N) is 5. The van der Waals surface area contributed by atoms with Crippen molar-refractivity contribution in [2.24, 2.45) is 0 Å². The Hall–Kier alpha value is -4.29. The van der Waals surface area contributed by atoms with Crippen molar-refractivity contribution in [3.05, 3.63) is 83.9 Å². The molecule has 2 atom stereocenters. The molecule has 2 aromatic heterocycles. The van der Waals surface area contributed by atoms with Crippen LogP contribution in [0.1, 0.15) is 56.3 Å². The van der Waals surface area contributed by atoms with Gasteiger partial charge in [-0.25, -0.2) is 4.98 Å². The first-order chi connectivity index (χ1) is 18.0. The molecule has 0 spiro atoms. The topological polar surface area (TPSA) is 118 Å². The fraction of sp³-hybridized carbons (Fsp3) is 0.321. The van der Waals surface area contributed by atoms with Gasteiger partial charge in [0.2, 0.25) is 11.7 Å². The molecular weight excluding hydrogens is 466 g/mol. The summed E-state index contributed by atoms with van der Waals surface area (Å²) in [5, 5.41) is 15.8. The van der Waals surface area contributed by atoms with Crippen LogP contribution in [0.2, 0.25) is 0 Å². The molecule has 1 unspecified atom stereocenters. The molecule has 0 saturated carbocycles. The number of amides is 1. The summed E-state index contributed by atoms with van der Waals surface area (Å²) < 4.78 is 7.76. The second-order valence-corrected chi connectivity index (χ2v) is 8.61.